The lowest BCUT2D eigenvalue weighted by molar-refractivity contribution is -0.139. The number of rotatable bonds is 3. The molecular formula is C19H20N4O4. The van der Waals surface area contributed by atoms with Gasteiger partial charge in [0.25, 0.3) is 17.7 Å². The molecule has 0 bridgehead atoms. The van der Waals surface area contributed by atoms with Crippen molar-refractivity contribution in [3.8, 4) is 0 Å². The molecule has 0 atom stereocenters. The Kier molecular flexibility index (Phi) is 3.98. The van der Waals surface area contributed by atoms with Crippen molar-refractivity contribution in [1.82, 2.24) is 20.7 Å². The quantitative estimate of drug-likeness (QED) is 0.788. The smallest absolute Gasteiger partial charge is 0.322 e. The summed E-state index contributed by atoms with van der Waals surface area (Å²) in [5.74, 6) is -1.39. The monoisotopic (exact) mass is 368 g/mol. The number of fused-ring (bicyclic) bond motifs is 1. The number of urea groups is 1. The maximum atomic E-state index is 12.7. The first-order valence-corrected chi connectivity index (χ1v) is 8.99. The third-order valence-electron chi connectivity index (χ3n) is 5.45. The largest absolute Gasteiger partial charge is 0.344 e. The molecule has 1 saturated heterocycles. The van der Waals surface area contributed by atoms with E-state index in [0.717, 1.165) is 24.3 Å². The molecule has 3 aliphatic rings. The summed E-state index contributed by atoms with van der Waals surface area (Å²) in [7, 11) is 0. The molecule has 5 amide bonds. The second-order valence-electron chi connectivity index (χ2n) is 7.13. The summed E-state index contributed by atoms with van der Waals surface area (Å²) in [4.78, 5) is 51.1. The number of imide groups is 1. The summed E-state index contributed by atoms with van der Waals surface area (Å²) < 4.78 is 0. The number of nitrogens with one attached hydrogen (secondary N) is 2. The van der Waals surface area contributed by atoms with Gasteiger partial charge in [0.2, 0.25) is 0 Å². The van der Waals surface area contributed by atoms with E-state index in [1.807, 2.05) is 0 Å². The van der Waals surface area contributed by atoms with Crippen molar-refractivity contribution in [2.45, 2.75) is 37.6 Å². The van der Waals surface area contributed by atoms with Crippen molar-refractivity contribution < 1.29 is 19.2 Å². The molecule has 4 rings (SSSR count). The van der Waals surface area contributed by atoms with Crippen LogP contribution in [0.3, 0.4) is 0 Å². The van der Waals surface area contributed by atoms with E-state index >= 15 is 0 Å². The van der Waals surface area contributed by atoms with Gasteiger partial charge in [-0.15, -0.1) is 0 Å². The first-order chi connectivity index (χ1) is 12.9. The van der Waals surface area contributed by atoms with Crippen molar-refractivity contribution in [2.24, 2.45) is 0 Å². The lowest BCUT2D eigenvalue weighted by Gasteiger charge is -2.30. The van der Waals surface area contributed by atoms with Crippen molar-refractivity contribution >= 4 is 29.4 Å². The average Bonchev–Trinajstić information content (AvgIpc) is 3.03. The Morgan fingerprint density at radius 2 is 1.78 bits per heavy atom. The van der Waals surface area contributed by atoms with E-state index in [1.54, 1.807) is 24.3 Å². The Bertz CT molecular complexity index is 837. The van der Waals surface area contributed by atoms with Gasteiger partial charge >= 0.3 is 6.03 Å². The number of hydrogen-bond donors (Lipinski definition) is 2. The zero-order valence-electron chi connectivity index (χ0n) is 14.8. The summed E-state index contributed by atoms with van der Waals surface area (Å²) in [6.45, 7) is 3.55. The lowest BCUT2D eigenvalue weighted by Crippen LogP contribution is -2.52. The minimum Gasteiger partial charge on any atom is -0.322 e. The van der Waals surface area contributed by atoms with Crippen LogP contribution in [0.5, 0.6) is 0 Å². The van der Waals surface area contributed by atoms with E-state index in [4.69, 9.17) is 0 Å². The number of carbonyl (C=O) groups excluding carboxylic acids is 4. The van der Waals surface area contributed by atoms with Crippen LogP contribution in [0.2, 0.25) is 0 Å². The van der Waals surface area contributed by atoms with Crippen LogP contribution in [-0.2, 0) is 9.59 Å². The number of amides is 5. The molecule has 8 heteroatoms. The van der Waals surface area contributed by atoms with E-state index in [2.05, 4.69) is 17.3 Å². The second kappa shape index (κ2) is 6.22. The van der Waals surface area contributed by atoms with Crippen LogP contribution in [0.1, 0.15) is 48.0 Å². The maximum absolute atomic E-state index is 12.7. The molecule has 0 radical (unpaired) electrons. The minimum absolute atomic E-state index is 0.323. The van der Waals surface area contributed by atoms with Gasteiger partial charge < -0.3 is 5.32 Å². The summed E-state index contributed by atoms with van der Waals surface area (Å²) in [6, 6.07) is 6.33. The van der Waals surface area contributed by atoms with Gasteiger partial charge in [-0.3, -0.25) is 24.7 Å². The zero-order chi connectivity index (χ0) is 19.2. The number of benzene rings is 1. The SMILES string of the molecule is C=C1c2ccccc2C(=O)N1CC(=O)NN1C(=O)NC2(CCCCC2)C1=O. The topological polar surface area (TPSA) is 98.8 Å². The molecule has 2 N–H and O–H groups in total. The Labute approximate surface area is 156 Å². The second-order valence-corrected chi connectivity index (χ2v) is 7.13. The fraction of sp³-hybridized carbons (Fsp3) is 0.368. The average molecular weight is 368 g/mol. The van der Waals surface area contributed by atoms with Gasteiger partial charge in [0.1, 0.15) is 12.1 Å². The molecule has 2 fully saturated rings. The Balaban J connectivity index is 1.45. The standard InChI is InChI=1S/C19H20N4O4/c1-12-13-7-3-4-8-14(13)16(25)22(12)11-15(24)21-23-17(26)19(20-18(23)27)9-5-2-6-10-19/h3-4,7-8H,1-2,5-6,9-11H2,(H,20,27)(H,21,24). The van der Waals surface area contributed by atoms with E-state index in [1.165, 1.54) is 4.90 Å². The predicted molar refractivity (Wildman–Crippen MR) is 95.8 cm³/mol. The van der Waals surface area contributed by atoms with Gasteiger partial charge in [0.15, 0.2) is 0 Å². The van der Waals surface area contributed by atoms with Crippen molar-refractivity contribution in [2.75, 3.05) is 6.54 Å². The molecule has 8 nitrogen and oxygen atoms in total. The van der Waals surface area contributed by atoms with Gasteiger partial charge in [-0.1, -0.05) is 44.0 Å². The number of carbonyl (C=O) groups is 4. The first-order valence-electron chi connectivity index (χ1n) is 8.99. The summed E-state index contributed by atoms with van der Waals surface area (Å²) in [5, 5.41) is 3.46. The van der Waals surface area contributed by atoms with Gasteiger partial charge in [-0.2, -0.15) is 5.01 Å². The number of nitrogens with zero attached hydrogens (tertiary/aromatic N) is 2. The van der Waals surface area contributed by atoms with Crippen LogP contribution < -0.4 is 10.7 Å². The lowest BCUT2D eigenvalue weighted by atomic mass is 9.82. The third kappa shape index (κ3) is 2.68. The Morgan fingerprint density at radius 1 is 1.11 bits per heavy atom. The molecule has 1 saturated carbocycles. The fourth-order valence-corrected chi connectivity index (χ4v) is 4.02. The van der Waals surface area contributed by atoms with Crippen molar-refractivity contribution in [3.63, 3.8) is 0 Å². The van der Waals surface area contributed by atoms with Crippen molar-refractivity contribution in [1.29, 1.82) is 0 Å². The molecule has 0 unspecified atom stereocenters. The normalized spacial score (nSPS) is 20.9. The molecule has 140 valence electrons. The van der Waals surface area contributed by atoms with E-state index in [0.29, 0.717) is 29.7 Å². The third-order valence-corrected chi connectivity index (χ3v) is 5.45. The highest BCUT2D eigenvalue weighted by Gasteiger charge is 2.52. The molecule has 1 aliphatic carbocycles. The molecule has 0 aromatic heterocycles. The highest BCUT2D eigenvalue weighted by atomic mass is 16.2. The summed E-state index contributed by atoms with van der Waals surface area (Å²) >= 11 is 0. The number of hydrogen-bond acceptors (Lipinski definition) is 4. The highest BCUT2D eigenvalue weighted by molar-refractivity contribution is 6.11. The Hall–Kier alpha value is -3.16. The van der Waals surface area contributed by atoms with Crippen LogP contribution in [0.15, 0.2) is 30.8 Å². The summed E-state index contributed by atoms with van der Waals surface area (Å²) in [5.41, 5.74) is 3.01. The van der Waals surface area contributed by atoms with Crippen LogP contribution in [0, 0.1) is 0 Å². The van der Waals surface area contributed by atoms with Crippen LogP contribution >= 0.6 is 0 Å². The molecule has 2 heterocycles. The summed E-state index contributed by atoms with van der Waals surface area (Å²) in [6.07, 6.45) is 3.88. The maximum Gasteiger partial charge on any atom is 0.344 e. The van der Waals surface area contributed by atoms with Crippen LogP contribution in [0.4, 0.5) is 4.79 Å². The molecule has 1 aromatic rings. The molecule has 1 aromatic carbocycles. The van der Waals surface area contributed by atoms with Gasteiger partial charge in [0, 0.05) is 16.8 Å². The zero-order valence-corrected chi connectivity index (χ0v) is 14.8. The highest BCUT2D eigenvalue weighted by Crippen LogP contribution is 2.33. The predicted octanol–water partition coefficient (Wildman–Crippen LogP) is 1.40. The van der Waals surface area contributed by atoms with Gasteiger partial charge in [-0.25, -0.2) is 4.79 Å². The van der Waals surface area contributed by atoms with E-state index < -0.39 is 23.4 Å². The van der Waals surface area contributed by atoms with Gasteiger partial charge in [0.05, 0.1) is 0 Å². The van der Waals surface area contributed by atoms with E-state index in [-0.39, 0.29) is 12.5 Å². The molecule has 27 heavy (non-hydrogen) atoms. The van der Waals surface area contributed by atoms with E-state index in [9.17, 15) is 19.2 Å². The Morgan fingerprint density at radius 3 is 2.44 bits per heavy atom. The molecule has 2 aliphatic heterocycles. The van der Waals surface area contributed by atoms with Crippen molar-refractivity contribution in [3.05, 3.63) is 42.0 Å². The van der Waals surface area contributed by atoms with Gasteiger partial charge in [-0.05, 0) is 18.9 Å². The first kappa shape index (κ1) is 17.3. The fourth-order valence-electron chi connectivity index (χ4n) is 4.02. The molecule has 1 spiro atoms. The minimum atomic E-state index is -0.911. The number of hydrazine groups is 1. The molecular weight excluding hydrogens is 348 g/mol. The van der Waals surface area contributed by atoms with Crippen LogP contribution in [-0.4, -0.2) is 45.7 Å². The van der Waals surface area contributed by atoms with Crippen LogP contribution in [0.25, 0.3) is 5.70 Å².